The molecule has 0 bridgehead atoms. The summed E-state index contributed by atoms with van der Waals surface area (Å²) in [4.78, 5) is 17.3. The number of ketones is 1. The monoisotopic (exact) mass is 292 g/mol. The highest BCUT2D eigenvalue weighted by Gasteiger charge is 2.64. The fourth-order valence-corrected chi connectivity index (χ4v) is 5.78. The summed E-state index contributed by atoms with van der Waals surface area (Å²) in [6.45, 7) is 0. The summed E-state index contributed by atoms with van der Waals surface area (Å²) >= 11 is 0. The van der Waals surface area contributed by atoms with Crippen molar-refractivity contribution in [3.63, 3.8) is 0 Å². The predicted octanol–water partition coefficient (Wildman–Crippen LogP) is 3.53. The molecule has 3 heteroatoms. The number of para-hydroxylation sites is 1. The van der Waals surface area contributed by atoms with E-state index >= 15 is 0 Å². The van der Waals surface area contributed by atoms with Crippen molar-refractivity contribution < 1.29 is 4.79 Å². The van der Waals surface area contributed by atoms with Crippen LogP contribution in [0.3, 0.4) is 0 Å². The van der Waals surface area contributed by atoms with Gasteiger partial charge in [-0.25, -0.2) is 0 Å². The molecule has 0 spiro atoms. The molecule has 2 atom stereocenters. The van der Waals surface area contributed by atoms with Gasteiger partial charge in [-0.05, 0) is 30.7 Å². The van der Waals surface area contributed by atoms with Crippen molar-refractivity contribution in [3.05, 3.63) is 35.5 Å². The van der Waals surface area contributed by atoms with E-state index in [0.29, 0.717) is 12.2 Å². The maximum absolute atomic E-state index is 12.3. The van der Waals surface area contributed by atoms with Gasteiger partial charge in [0.1, 0.15) is 5.78 Å². The first kappa shape index (κ1) is 12.6. The number of aromatic nitrogens is 1. The molecule has 3 aliphatic rings. The molecule has 2 unspecified atom stereocenters. The summed E-state index contributed by atoms with van der Waals surface area (Å²) in [5, 5.41) is 1.05. The summed E-state index contributed by atoms with van der Waals surface area (Å²) in [5.74, 6) is 0.431. The molecular formula is C19H20N2O. The number of nitrogen functional groups attached to an aromatic ring is 1. The average Bonchev–Trinajstić information content (AvgIpc) is 2.93. The molecule has 0 amide bonds. The number of nitrogens with zero attached hydrogens (tertiary/aromatic N) is 1. The standard InChI is InChI=1S/C19H20N2O/c20-17-13-5-1-2-6-14(13)21-15-11-18-7-3-4-8-19(18,16(15)17)10-12(22)9-18/h1-2,5-6H,3-4,7-11H2,(H2,20,21). The third-order valence-electron chi connectivity index (χ3n) is 6.55. The predicted molar refractivity (Wildman–Crippen MR) is 86.7 cm³/mol. The Kier molecular flexibility index (Phi) is 2.23. The van der Waals surface area contributed by atoms with Gasteiger partial charge in [-0.3, -0.25) is 9.78 Å². The smallest absolute Gasteiger partial charge is 0.134 e. The van der Waals surface area contributed by atoms with Crippen LogP contribution in [0.25, 0.3) is 10.9 Å². The number of rotatable bonds is 0. The molecule has 22 heavy (non-hydrogen) atoms. The van der Waals surface area contributed by atoms with Crippen LogP contribution in [-0.4, -0.2) is 10.8 Å². The first-order valence-corrected chi connectivity index (χ1v) is 8.35. The van der Waals surface area contributed by atoms with Gasteiger partial charge in [-0.1, -0.05) is 31.0 Å². The van der Waals surface area contributed by atoms with Gasteiger partial charge in [-0.2, -0.15) is 0 Å². The SMILES string of the molecule is Nc1c2c(nc3ccccc13)CC13CCCCC21CC(=O)C3. The van der Waals surface area contributed by atoms with Crippen LogP contribution in [0, 0.1) is 5.41 Å². The van der Waals surface area contributed by atoms with E-state index in [1.54, 1.807) is 0 Å². The molecule has 0 aliphatic heterocycles. The van der Waals surface area contributed by atoms with E-state index in [2.05, 4.69) is 6.07 Å². The molecule has 0 radical (unpaired) electrons. The number of nitrogens with two attached hydrogens (primary N) is 1. The van der Waals surface area contributed by atoms with Crippen molar-refractivity contribution in [1.29, 1.82) is 0 Å². The van der Waals surface area contributed by atoms with Crippen molar-refractivity contribution in [1.82, 2.24) is 4.98 Å². The lowest BCUT2D eigenvalue weighted by Gasteiger charge is -2.45. The first-order valence-electron chi connectivity index (χ1n) is 8.35. The Morgan fingerprint density at radius 1 is 1.05 bits per heavy atom. The van der Waals surface area contributed by atoms with E-state index in [1.165, 1.54) is 24.1 Å². The topological polar surface area (TPSA) is 56.0 Å². The average molecular weight is 292 g/mol. The highest BCUT2D eigenvalue weighted by molar-refractivity contribution is 5.95. The van der Waals surface area contributed by atoms with Crippen LogP contribution >= 0.6 is 0 Å². The zero-order chi connectivity index (χ0) is 14.9. The quantitative estimate of drug-likeness (QED) is 0.808. The number of carbonyl (C=O) groups is 1. The van der Waals surface area contributed by atoms with Crippen LogP contribution in [0.1, 0.15) is 49.8 Å². The molecule has 1 aromatic carbocycles. The number of Topliss-reactive ketones (excluding diaryl/α,β-unsaturated/α-hetero) is 1. The second-order valence-corrected chi connectivity index (χ2v) is 7.50. The van der Waals surface area contributed by atoms with Crippen LogP contribution in [0.4, 0.5) is 5.69 Å². The van der Waals surface area contributed by atoms with E-state index in [9.17, 15) is 4.79 Å². The van der Waals surface area contributed by atoms with Crippen molar-refractivity contribution in [2.45, 2.75) is 50.4 Å². The summed E-state index contributed by atoms with van der Waals surface area (Å²) in [7, 11) is 0. The van der Waals surface area contributed by atoms with Crippen molar-refractivity contribution in [2.75, 3.05) is 5.73 Å². The van der Waals surface area contributed by atoms with Gasteiger partial charge < -0.3 is 5.73 Å². The Hall–Kier alpha value is -1.90. The molecule has 2 aromatic rings. The minimum absolute atomic E-state index is 0.0151. The third-order valence-corrected chi connectivity index (χ3v) is 6.55. The zero-order valence-electron chi connectivity index (χ0n) is 12.7. The van der Waals surface area contributed by atoms with E-state index in [-0.39, 0.29) is 10.8 Å². The van der Waals surface area contributed by atoms with Gasteiger partial charge in [0.2, 0.25) is 0 Å². The minimum Gasteiger partial charge on any atom is -0.398 e. The maximum Gasteiger partial charge on any atom is 0.134 e. The van der Waals surface area contributed by atoms with Crippen LogP contribution in [0.15, 0.2) is 24.3 Å². The summed E-state index contributed by atoms with van der Waals surface area (Å²) in [6, 6.07) is 8.15. The van der Waals surface area contributed by atoms with E-state index in [1.807, 2.05) is 18.2 Å². The van der Waals surface area contributed by atoms with Gasteiger partial charge in [0.15, 0.2) is 0 Å². The fourth-order valence-electron chi connectivity index (χ4n) is 5.78. The molecule has 1 aromatic heterocycles. The third kappa shape index (κ3) is 1.29. The lowest BCUT2D eigenvalue weighted by Crippen LogP contribution is -2.41. The fraction of sp³-hybridized carbons (Fsp3) is 0.474. The summed E-state index contributed by atoms with van der Waals surface area (Å²) < 4.78 is 0. The maximum atomic E-state index is 12.3. The Bertz CT molecular complexity index is 828. The second-order valence-electron chi connectivity index (χ2n) is 7.50. The second kappa shape index (κ2) is 3.89. The molecular weight excluding hydrogens is 272 g/mol. The Labute approximate surface area is 129 Å². The van der Waals surface area contributed by atoms with Crippen molar-refractivity contribution >= 4 is 22.4 Å². The highest BCUT2D eigenvalue weighted by Crippen LogP contribution is 2.67. The highest BCUT2D eigenvalue weighted by atomic mass is 16.1. The van der Waals surface area contributed by atoms with Crippen molar-refractivity contribution in [2.24, 2.45) is 5.41 Å². The van der Waals surface area contributed by atoms with E-state index in [0.717, 1.165) is 42.3 Å². The number of fused-ring (bicyclic) bond motifs is 2. The minimum atomic E-state index is -0.0151. The van der Waals surface area contributed by atoms with Crippen molar-refractivity contribution in [3.8, 4) is 0 Å². The molecule has 112 valence electrons. The van der Waals surface area contributed by atoms with Gasteiger partial charge in [0.05, 0.1) is 5.52 Å². The van der Waals surface area contributed by atoms with Crippen LogP contribution in [0.5, 0.6) is 0 Å². The van der Waals surface area contributed by atoms with E-state index in [4.69, 9.17) is 10.7 Å². The lowest BCUT2D eigenvalue weighted by molar-refractivity contribution is -0.118. The van der Waals surface area contributed by atoms with Gasteiger partial charge >= 0.3 is 0 Å². The molecule has 0 saturated heterocycles. The Balaban J connectivity index is 1.85. The molecule has 3 nitrogen and oxygen atoms in total. The number of anilines is 1. The molecule has 2 fully saturated rings. The molecule has 2 N–H and O–H groups in total. The number of hydrogen-bond acceptors (Lipinski definition) is 3. The number of pyridine rings is 1. The van der Waals surface area contributed by atoms with E-state index < -0.39 is 0 Å². The lowest BCUT2D eigenvalue weighted by atomic mass is 9.58. The van der Waals surface area contributed by atoms with Crippen LogP contribution in [0.2, 0.25) is 0 Å². The largest absolute Gasteiger partial charge is 0.398 e. The van der Waals surface area contributed by atoms with Gasteiger partial charge in [0, 0.05) is 40.6 Å². The number of benzene rings is 1. The molecule has 2 saturated carbocycles. The normalized spacial score (nSPS) is 32.8. The van der Waals surface area contributed by atoms with Crippen LogP contribution in [-0.2, 0) is 16.6 Å². The Morgan fingerprint density at radius 2 is 1.86 bits per heavy atom. The molecule has 3 aliphatic carbocycles. The van der Waals surface area contributed by atoms with Gasteiger partial charge in [0.25, 0.3) is 0 Å². The van der Waals surface area contributed by atoms with Crippen LogP contribution < -0.4 is 5.73 Å². The number of carbonyl (C=O) groups excluding carboxylic acids is 1. The summed E-state index contributed by atoms with van der Waals surface area (Å²) in [5.41, 5.74) is 11.0. The van der Waals surface area contributed by atoms with Gasteiger partial charge in [-0.15, -0.1) is 0 Å². The molecule has 1 heterocycles. The molecule has 5 rings (SSSR count). The summed E-state index contributed by atoms with van der Waals surface area (Å²) in [6.07, 6.45) is 7.08. The number of hydrogen-bond donors (Lipinski definition) is 1. The Morgan fingerprint density at radius 3 is 2.77 bits per heavy atom. The first-order chi connectivity index (χ1) is 10.7. The zero-order valence-corrected chi connectivity index (χ0v) is 12.7.